The van der Waals surface area contributed by atoms with Crippen LogP contribution < -0.4 is 4.72 Å². The Morgan fingerprint density at radius 2 is 1.59 bits per heavy atom. The normalized spacial score (nSPS) is 15.0. The highest BCUT2D eigenvalue weighted by atomic mass is 32.2. The molecular formula is C21H24N2O5S. The third-order valence-corrected chi connectivity index (χ3v) is 6.15. The number of hydrogen-bond acceptors (Lipinski definition) is 5. The van der Waals surface area contributed by atoms with E-state index in [0.717, 1.165) is 18.4 Å². The molecule has 2 aromatic carbocycles. The molecule has 29 heavy (non-hydrogen) atoms. The number of nitrogens with zero attached hydrogens (tertiary/aromatic N) is 1. The van der Waals surface area contributed by atoms with Crippen molar-refractivity contribution in [3.05, 3.63) is 59.7 Å². The van der Waals surface area contributed by atoms with Gasteiger partial charge in [-0.2, -0.15) is 0 Å². The van der Waals surface area contributed by atoms with Gasteiger partial charge in [-0.05, 0) is 63.1 Å². The first-order valence-electron chi connectivity index (χ1n) is 9.45. The van der Waals surface area contributed by atoms with E-state index < -0.39 is 22.1 Å². The molecule has 3 rings (SSSR count). The third kappa shape index (κ3) is 5.14. The van der Waals surface area contributed by atoms with Gasteiger partial charge in [0.15, 0.2) is 6.10 Å². The molecule has 1 aliphatic rings. The number of ether oxygens (including phenoxy) is 1. The number of benzene rings is 2. The number of hydrogen-bond donors (Lipinski definition) is 1. The summed E-state index contributed by atoms with van der Waals surface area (Å²) in [7, 11) is -3.78. The minimum atomic E-state index is -3.78. The molecule has 1 saturated heterocycles. The maximum absolute atomic E-state index is 12.5. The molecule has 8 heteroatoms. The number of sulfonamides is 1. The molecule has 0 saturated carbocycles. The van der Waals surface area contributed by atoms with Gasteiger partial charge >= 0.3 is 5.97 Å². The molecule has 0 aromatic heterocycles. The van der Waals surface area contributed by atoms with Gasteiger partial charge in [-0.25, -0.2) is 13.2 Å². The third-order valence-electron chi connectivity index (χ3n) is 4.75. The highest BCUT2D eigenvalue weighted by molar-refractivity contribution is 7.92. The quantitative estimate of drug-likeness (QED) is 0.731. The van der Waals surface area contributed by atoms with Gasteiger partial charge < -0.3 is 9.64 Å². The minimum Gasteiger partial charge on any atom is -0.449 e. The van der Waals surface area contributed by atoms with Crippen molar-refractivity contribution in [1.29, 1.82) is 0 Å². The highest BCUT2D eigenvalue weighted by Gasteiger charge is 2.26. The second-order valence-electron chi connectivity index (χ2n) is 7.08. The molecular weight excluding hydrogens is 392 g/mol. The summed E-state index contributed by atoms with van der Waals surface area (Å²) in [6, 6.07) is 12.4. The van der Waals surface area contributed by atoms with Gasteiger partial charge in [0.2, 0.25) is 0 Å². The number of amides is 1. The molecule has 0 spiro atoms. The maximum Gasteiger partial charge on any atom is 0.338 e. The summed E-state index contributed by atoms with van der Waals surface area (Å²) in [5.41, 5.74) is 1.65. The smallest absolute Gasteiger partial charge is 0.338 e. The van der Waals surface area contributed by atoms with Crippen LogP contribution in [0.25, 0.3) is 0 Å². The van der Waals surface area contributed by atoms with E-state index in [1.807, 2.05) is 19.1 Å². The Bertz CT molecular complexity index is 979. The predicted octanol–water partition coefficient (Wildman–Crippen LogP) is 2.96. The topological polar surface area (TPSA) is 92.8 Å². The Balaban J connectivity index is 1.64. The average molecular weight is 416 g/mol. The molecule has 1 heterocycles. The van der Waals surface area contributed by atoms with E-state index in [9.17, 15) is 18.0 Å². The summed E-state index contributed by atoms with van der Waals surface area (Å²) in [4.78, 5) is 26.3. The molecule has 7 nitrogen and oxygen atoms in total. The van der Waals surface area contributed by atoms with E-state index in [-0.39, 0.29) is 16.4 Å². The van der Waals surface area contributed by atoms with Gasteiger partial charge in [0, 0.05) is 18.8 Å². The molecule has 1 fully saturated rings. The summed E-state index contributed by atoms with van der Waals surface area (Å²) in [6.45, 7) is 4.82. The molecule has 0 radical (unpaired) electrons. The Labute approximate surface area is 170 Å². The van der Waals surface area contributed by atoms with Crippen molar-refractivity contribution in [3.8, 4) is 0 Å². The number of carbonyl (C=O) groups is 2. The summed E-state index contributed by atoms with van der Waals surface area (Å²) in [5, 5.41) is 0. The summed E-state index contributed by atoms with van der Waals surface area (Å²) >= 11 is 0. The van der Waals surface area contributed by atoms with Crippen molar-refractivity contribution in [3.63, 3.8) is 0 Å². The zero-order valence-electron chi connectivity index (χ0n) is 16.4. The number of aryl methyl sites for hydroxylation is 1. The first-order chi connectivity index (χ1) is 13.8. The summed E-state index contributed by atoms with van der Waals surface area (Å²) < 4.78 is 32.8. The molecule has 1 N–H and O–H groups in total. The molecule has 1 aliphatic heterocycles. The maximum atomic E-state index is 12.5. The van der Waals surface area contributed by atoms with Gasteiger partial charge in [0.05, 0.1) is 10.5 Å². The largest absolute Gasteiger partial charge is 0.449 e. The Hall–Kier alpha value is -2.87. The standard InChI is InChI=1S/C21H24N2O5S/c1-15-5-9-18(10-6-15)22-29(26,27)19-11-7-17(8-12-19)21(25)28-16(2)20(24)23-13-3-4-14-23/h5-12,16,22H,3-4,13-14H2,1-2H3. The Kier molecular flexibility index (Phi) is 6.22. The van der Waals surface area contributed by atoms with E-state index in [2.05, 4.69) is 4.72 Å². The van der Waals surface area contributed by atoms with Crippen molar-refractivity contribution < 1.29 is 22.7 Å². The second-order valence-corrected chi connectivity index (χ2v) is 8.76. The predicted molar refractivity (Wildman–Crippen MR) is 109 cm³/mol. The van der Waals surface area contributed by atoms with E-state index >= 15 is 0 Å². The molecule has 0 aliphatic carbocycles. The van der Waals surface area contributed by atoms with Crippen LogP contribution in [0.4, 0.5) is 5.69 Å². The number of likely N-dealkylation sites (tertiary alicyclic amines) is 1. The second kappa shape index (κ2) is 8.65. The summed E-state index contributed by atoms with van der Waals surface area (Å²) in [5.74, 6) is -0.877. The summed E-state index contributed by atoms with van der Waals surface area (Å²) in [6.07, 6.45) is 1.03. The van der Waals surface area contributed by atoms with Crippen LogP contribution in [0.1, 0.15) is 35.7 Å². The van der Waals surface area contributed by atoms with E-state index in [1.165, 1.54) is 24.3 Å². The fraction of sp³-hybridized carbons (Fsp3) is 0.333. The van der Waals surface area contributed by atoms with E-state index in [0.29, 0.717) is 18.8 Å². The lowest BCUT2D eigenvalue weighted by molar-refractivity contribution is -0.138. The van der Waals surface area contributed by atoms with Crippen LogP contribution in [0, 0.1) is 6.92 Å². The van der Waals surface area contributed by atoms with Crippen molar-refractivity contribution in [1.82, 2.24) is 4.90 Å². The van der Waals surface area contributed by atoms with Crippen LogP contribution in [-0.4, -0.2) is 44.4 Å². The molecule has 1 unspecified atom stereocenters. The van der Waals surface area contributed by atoms with Crippen LogP contribution in [0.2, 0.25) is 0 Å². The van der Waals surface area contributed by atoms with Gasteiger partial charge in [-0.3, -0.25) is 9.52 Å². The van der Waals surface area contributed by atoms with Crippen molar-refractivity contribution >= 4 is 27.6 Å². The van der Waals surface area contributed by atoms with Gasteiger partial charge in [-0.1, -0.05) is 17.7 Å². The van der Waals surface area contributed by atoms with E-state index in [4.69, 9.17) is 4.74 Å². The number of carbonyl (C=O) groups excluding carboxylic acids is 2. The zero-order valence-corrected chi connectivity index (χ0v) is 17.2. The van der Waals surface area contributed by atoms with Gasteiger partial charge in [-0.15, -0.1) is 0 Å². The average Bonchev–Trinajstić information content (AvgIpc) is 3.24. The zero-order chi connectivity index (χ0) is 21.0. The molecule has 154 valence electrons. The van der Waals surface area contributed by atoms with Crippen LogP contribution in [-0.2, 0) is 19.6 Å². The first kappa shape index (κ1) is 20.9. The molecule has 0 bridgehead atoms. The van der Waals surface area contributed by atoms with Crippen LogP contribution >= 0.6 is 0 Å². The van der Waals surface area contributed by atoms with Gasteiger partial charge in [0.1, 0.15) is 0 Å². The Morgan fingerprint density at radius 1 is 1.00 bits per heavy atom. The van der Waals surface area contributed by atoms with Crippen molar-refractivity contribution in [2.45, 2.75) is 37.7 Å². The monoisotopic (exact) mass is 416 g/mol. The molecule has 2 aromatic rings. The van der Waals surface area contributed by atoms with Crippen LogP contribution in [0.5, 0.6) is 0 Å². The Morgan fingerprint density at radius 3 is 2.17 bits per heavy atom. The van der Waals surface area contributed by atoms with Crippen molar-refractivity contribution in [2.24, 2.45) is 0 Å². The molecule has 1 amide bonds. The fourth-order valence-corrected chi connectivity index (χ4v) is 4.14. The van der Waals surface area contributed by atoms with Crippen molar-refractivity contribution in [2.75, 3.05) is 17.8 Å². The first-order valence-corrected chi connectivity index (χ1v) is 10.9. The fourth-order valence-electron chi connectivity index (χ4n) is 3.08. The van der Waals surface area contributed by atoms with E-state index in [1.54, 1.807) is 24.0 Å². The number of nitrogens with one attached hydrogen (secondary N) is 1. The number of rotatable bonds is 6. The lowest BCUT2D eigenvalue weighted by Crippen LogP contribution is -2.38. The lowest BCUT2D eigenvalue weighted by Gasteiger charge is -2.20. The SMILES string of the molecule is Cc1ccc(NS(=O)(=O)c2ccc(C(=O)OC(C)C(=O)N3CCCC3)cc2)cc1. The molecule has 1 atom stereocenters. The van der Waals surface area contributed by atoms with Gasteiger partial charge in [0.25, 0.3) is 15.9 Å². The highest BCUT2D eigenvalue weighted by Crippen LogP contribution is 2.18. The lowest BCUT2D eigenvalue weighted by atomic mass is 10.2. The minimum absolute atomic E-state index is 0.0239. The number of anilines is 1. The number of esters is 1. The van der Waals surface area contributed by atoms with Crippen LogP contribution in [0.3, 0.4) is 0 Å². The van der Waals surface area contributed by atoms with Crippen LogP contribution in [0.15, 0.2) is 53.4 Å².